The SMILES string of the molecule is O=C(NCCc1ncc2ccccn12)c1ccc(F)c(F)c1. The Labute approximate surface area is 125 Å². The molecular formula is C16H13F2N3O. The zero-order valence-corrected chi connectivity index (χ0v) is 11.6. The van der Waals surface area contributed by atoms with Crippen molar-refractivity contribution < 1.29 is 13.6 Å². The lowest BCUT2D eigenvalue weighted by atomic mass is 10.2. The average molecular weight is 301 g/mol. The Kier molecular flexibility index (Phi) is 3.82. The van der Waals surface area contributed by atoms with Crippen LogP contribution in [0.5, 0.6) is 0 Å². The summed E-state index contributed by atoms with van der Waals surface area (Å²) in [4.78, 5) is 16.2. The number of hydrogen-bond acceptors (Lipinski definition) is 2. The minimum atomic E-state index is -1.04. The number of fused-ring (bicyclic) bond motifs is 1. The van der Waals surface area contributed by atoms with E-state index in [4.69, 9.17) is 0 Å². The minimum Gasteiger partial charge on any atom is -0.352 e. The van der Waals surface area contributed by atoms with Crippen LogP contribution in [0.3, 0.4) is 0 Å². The predicted molar refractivity (Wildman–Crippen MR) is 77.6 cm³/mol. The molecule has 0 aliphatic rings. The van der Waals surface area contributed by atoms with Crippen LogP contribution in [0.4, 0.5) is 8.78 Å². The van der Waals surface area contributed by atoms with Crippen LogP contribution in [0, 0.1) is 11.6 Å². The molecule has 1 aromatic carbocycles. The predicted octanol–water partition coefficient (Wildman–Crippen LogP) is 2.59. The summed E-state index contributed by atoms with van der Waals surface area (Å²) in [5.74, 6) is -1.63. The number of nitrogens with zero attached hydrogens (tertiary/aromatic N) is 2. The molecule has 0 aliphatic carbocycles. The van der Waals surface area contributed by atoms with Crippen LogP contribution in [0.25, 0.3) is 5.52 Å². The van der Waals surface area contributed by atoms with Crippen molar-refractivity contribution in [2.24, 2.45) is 0 Å². The van der Waals surface area contributed by atoms with E-state index in [1.54, 1.807) is 6.20 Å². The number of benzene rings is 1. The van der Waals surface area contributed by atoms with Gasteiger partial charge in [-0.15, -0.1) is 0 Å². The molecule has 3 aromatic rings. The van der Waals surface area contributed by atoms with Gasteiger partial charge in [0.05, 0.1) is 11.7 Å². The van der Waals surface area contributed by atoms with Gasteiger partial charge < -0.3 is 9.72 Å². The lowest BCUT2D eigenvalue weighted by Crippen LogP contribution is -2.26. The van der Waals surface area contributed by atoms with Gasteiger partial charge in [0.15, 0.2) is 11.6 Å². The number of nitrogens with one attached hydrogen (secondary N) is 1. The molecule has 1 amide bonds. The molecule has 0 bridgehead atoms. The Morgan fingerprint density at radius 2 is 2.05 bits per heavy atom. The van der Waals surface area contributed by atoms with Crippen molar-refractivity contribution in [3.63, 3.8) is 0 Å². The number of pyridine rings is 1. The number of carbonyl (C=O) groups is 1. The van der Waals surface area contributed by atoms with Crippen molar-refractivity contribution >= 4 is 11.4 Å². The summed E-state index contributed by atoms with van der Waals surface area (Å²) in [6, 6.07) is 8.83. The van der Waals surface area contributed by atoms with Crippen LogP contribution in [0.2, 0.25) is 0 Å². The van der Waals surface area contributed by atoms with Gasteiger partial charge in [-0.25, -0.2) is 13.8 Å². The minimum absolute atomic E-state index is 0.0897. The Morgan fingerprint density at radius 1 is 1.18 bits per heavy atom. The molecule has 0 radical (unpaired) electrons. The van der Waals surface area contributed by atoms with E-state index < -0.39 is 17.5 Å². The third-order valence-corrected chi connectivity index (χ3v) is 3.33. The van der Waals surface area contributed by atoms with Crippen LogP contribution in [0.1, 0.15) is 16.2 Å². The van der Waals surface area contributed by atoms with E-state index in [0.717, 1.165) is 23.5 Å². The van der Waals surface area contributed by atoms with Crippen molar-refractivity contribution in [3.8, 4) is 0 Å². The number of halogens is 2. The summed E-state index contributed by atoms with van der Waals surface area (Å²) in [6.45, 7) is 0.353. The number of aromatic nitrogens is 2. The number of carbonyl (C=O) groups excluding carboxylic acids is 1. The van der Waals surface area contributed by atoms with Gasteiger partial charge in [0.1, 0.15) is 5.82 Å². The molecule has 1 N–H and O–H groups in total. The monoisotopic (exact) mass is 301 g/mol. The first-order valence-corrected chi connectivity index (χ1v) is 6.79. The van der Waals surface area contributed by atoms with E-state index in [1.165, 1.54) is 6.07 Å². The first-order valence-electron chi connectivity index (χ1n) is 6.79. The van der Waals surface area contributed by atoms with E-state index in [2.05, 4.69) is 10.3 Å². The highest BCUT2D eigenvalue weighted by Crippen LogP contribution is 2.09. The van der Waals surface area contributed by atoms with Gasteiger partial charge in [0, 0.05) is 24.7 Å². The van der Waals surface area contributed by atoms with Crippen LogP contribution >= 0.6 is 0 Å². The van der Waals surface area contributed by atoms with Gasteiger partial charge >= 0.3 is 0 Å². The largest absolute Gasteiger partial charge is 0.352 e. The molecule has 0 spiro atoms. The molecule has 0 unspecified atom stereocenters. The summed E-state index contributed by atoms with van der Waals surface area (Å²) >= 11 is 0. The van der Waals surface area contributed by atoms with Crippen LogP contribution in [-0.2, 0) is 6.42 Å². The van der Waals surface area contributed by atoms with Crippen molar-refractivity contribution in [2.45, 2.75) is 6.42 Å². The number of imidazole rings is 1. The van der Waals surface area contributed by atoms with Crippen LogP contribution in [0.15, 0.2) is 48.8 Å². The van der Waals surface area contributed by atoms with Crippen LogP contribution < -0.4 is 5.32 Å². The molecular weight excluding hydrogens is 288 g/mol. The molecule has 0 fully saturated rings. The Bertz CT molecular complexity index is 829. The molecule has 0 atom stereocenters. The maximum absolute atomic E-state index is 13.1. The van der Waals surface area contributed by atoms with E-state index in [1.807, 2.05) is 28.8 Å². The average Bonchev–Trinajstić information content (AvgIpc) is 2.93. The van der Waals surface area contributed by atoms with Gasteiger partial charge in [-0.05, 0) is 30.3 Å². The quantitative estimate of drug-likeness (QED) is 0.805. The second-order valence-electron chi connectivity index (χ2n) is 4.80. The highest BCUT2D eigenvalue weighted by molar-refractivity contribution is 5.94. The topological polar surface area (TPSA) is 46.4 Å². The van der Waals surface area contributed by atoms with E-state index in [0.29, 0.717) is 13.0 Å². The molecule has 2 aromatic heterocycles. The Morgan fingerprint density at radius 3 is 2.86 bits per heavy atom. The smallest absolute Gasteiger partial charge is 0.251 e. The number of amides is 1. The van der Waals surface area contributed by atoms with E-state index in [9.17, 15) is 13.6 Å². The number of hydrogen-bond donors (Lipinski definition) is 1. The highest BCUT2D eigenvalue weighted by atomic mass is 19.2. The second kappa shape index (κ2) is 5.93. The first-order chi connectivity index (χ1) is 10.6. The molecule has 22 heavy (non-hydrogen) atoms. The van der Waals surface area contributed by atoms with Crippen LogP contribution in [-0.4, -0.2) is 21.8 Å². The van der Waals surface area contributed by atoms with E-state index in [-0.39, 0.29) is 5.56 Å². The normalized spacial score (nSPS) is 10.8. The van der Waals surface area contributed by atoms with E-state index >= 15 is 0 Å². The van der Waals surface area contributed by atoms with Crippen molar-refractivity contribution in [1.29, 1.82) is 0 Å². The molecule has 0 saturated carbocycles. The van der Waals surface area contributed by atoms with Crippen molar-refractivity contribution in [3.05, 3.63) is 71.8 Å². The lowest BCUT2D eigenvalue weighted by Gasteiger charge is -2.05. The zero-order chi connectivity index (χ0) is 15.5. The molecule has 2 heterocycles. The van der Waals surface area contributed by atoms with Gasteiger partial charge in [0.2, 0.25) is 0 Å². The summed E-state index contributed by atoms with van der Waals surface area (Å²) in [5.41, 5.74) is 1.07. The summed E-state index contributed by atoms with van der Waals surface area (Å²) in [6.07, 6.45) is 4.19. The molecule has 3 rings (SSSR count). The maximum atomic E-state index is 13.1. The molecule has 6 heteroatoms. The summed E-state index contributed by atoms with van der Waals surface area (Å²) < 4.78 is 27.9. The summed E-state index contributed by atoms with van der Waals surface area (Å²) in [5, 5.41) is 2.67. The molecule has 4 nitrogen and oxygen atoms in total. The zero-order valence-electron chi connectivity index (χ0n) is 11.6. The van der Waals surface area contributed by atoms with Gasteiger partial charge in [0.25, 0.3) is 5.91 Å². The van der Waals surface area contributed by atoms with Gasteiger partial charge in [-0.1, -0.05) is 6.07 Å². The number of rotatable bonds is 4. The van der Waals surface area contributed by atoms with Gasteiger partial charge in [-0.2, -0.15) is 0 Å². The van der Waals surface area contributed by atoms with Crippen molar-refractivity contribution in [2.75, 3.05) is 6.54 Å². The fourth-order valence-electron chi connectivity index (χ4n) is 2.21. The highest BCUT2D eigenvalue weighted by Gasteiger charge is 2.10. The Balaban J connectivity index is 1.63. The Hall–Kier alpha value is -2.76. The fourth-order valence-corrected chi connectivity index (χ4v) is 2.21. The molecule has 0 saturated heterocycles. The second-order valence-corrected chi connectivity index (χ2v) is 4.80. The third-order valence-electron chi connectivity index (χ3n) is 3.33. The maximum Gasteiger partial charge on any atom is 0.251 e. The standard InChI is InChI=1S/C16H13F2N3O/c17-13-5-4-11(9-14(13)18)16(22)19-7-6-15-20-10-12-3-1-2-8-21(12)15/h1-5,8-10H,6-7H2,(H,19,22). The van der Waals surface area contributed by atoms with Gasteiger partial charge in [-0.3, -0.25) is 4.79 Å². The van der Waals surface area contributed by atoms with Crippen molar-refractivity contribution in [1.82, 2.24) is 14.7 Å². The summed E-state index contributed by atoms with van der Waals surface area (Å²) in [7, 11) is 0. The lowest BCUT2D eigenvalue weighted by molar-refractivity contribution is 0.0953. The fraction of sp³-hybridized carbons (Fsp3) is 0.125. The molecule has 112 valence electrons. The third kappa shape index (κ3) is 2.81. The first kappa shape index (κ1) is 14.2. The molecule has 0 aliphatic heterocycles.